The van der Waals surface area contributed by atoms with Gasteiger partial charge in [-0.3, -0.25) is 9.80 Å². The Morgan fingerprint density at radius 3 is 2.47 bits per heavy atom. The second-order valence-corrected chi connectivity index (χ2v) is 8.14. The van der Waals surface area contributed by atoms with E-state index in [1.165, 1.54) is 49.7 Å². The molecule has 0 aliphatic rings. The molecule has 162 valence electrons. The van der Waals surface area contributed by atoms with Crippen molar-refractivity contribution < 1.29 is 13.9 Å². The first kappa shape index (κ1) is 23.4. The zero-order valence-electron chi connectivity index (χ0n) is 17.7. The first-order chi connectivity index (χ1) is 14.1. The molecule has 6 N–H and O–H groups in total. The molecule has 0 unspecified atom stereocenters. The van der Waals surface area contributed by atoms with Crippen molar-refractivity contribution in [1.82, 2.24) is 0 Å². The highest BCUT2D eigenvalue weighted by Crippen LogP contribution is 2.39. The highest BCUT2D eigenvalue weighted by atomic mass is 32.2. The van der Waals surface area contributed by atoms with Gasteiger partial charge in [0.25, 0.3) is 5.91 Å². The van der Waals surface area contributed by atoms with Gasteiger partial charge in [0.2, 0.25) is 0 Å². The van der Waals surface area contributed by atoms with Gasteiger partial charge in [-0.05, 0) is 41.3 Å². The standard InChI is InChI=1S/C21H28FN5O2S/c1-21(2,3)14-11-16(19(29-4)17(12-14)26-30-5)25-20(28)13-6-7-15(22)18(10-13)27(24)9-8-23/h6-12,26H,23-24H2,1-5H3,(H,25,28)/b9-8-. The second kappa shape index (κ2) is 9.73. The fraction of sp³-hybridized carbons (Fsp3) is 0.286. The van der Waals surface area contributed by atoms with Crippen LogP contribution in [0, 0.1) is 5.82 Å². The lowest BCUT2D eigenvalue weighted by atomic mass is 9.86. The molecule has 0 aliphatic carbocycles. The topological polar surface area (TPSA) is 106 Å². The first-order valence-corrected chi connectivity index (χ1v) is 10.4. The van der Waals surface area contributed by atoms with Crippen LogP contribution in [0.1, 0.15) is 36.7 Å². The van der Waals surface area contributed by atoms with Gasteiger partial charge < -0.3 is 20.5 Å². The highest BCUT2D eigenvalue weighted by Gasteiger charge is 2.21. The third kappa shape index (κ3) is 5.37. The van der Waals surface area contributed by atoms with Gasteiger partial charge in [-0.1, -0.05) is 32.7 Å². The Balaban J connectivity index is 2.47. The number of anilines is 3. The summed E-state index contributed by atoms with van der Waals surface area (Å²) in [5.74, 6) is 5.25. The maximum absolute atomic E-state index is 14.1. The molecule has 0 fully saturated rings. The minimum Gasteiger partial charge on any atom is -0.492 e. The number of ether oxygens (including phenoxy) is 1. The van der Waals surface area contributed by atoms with Crippen LogP contribution in [0.15, 0.2) is 42.7 Å². The van der Waals surface area contributed by atoms with Gasteiger partial charge in [0.15, 0.2) is 5.75 Å². The number of nitrogens with two attached hydrogens (primary N) is 2. The van der Waals surface area contributed by atoms with E-state index < -0.39 is 11.7 Å². The molecule has 0 atom stereocenters. The first-order valence-electron chi connectivity index (χ1n) is 9.17. The van der Waals surface area contributed by atoms with E-state index in [4.69, 9.17) is 16.3 Å². The molecular weight excluding hydrogens is 405 g/mol. The molecule has 1 amide bonds. The van der Waals surface area contributed by atoms with Gasteiger partial charge in [0, 0.05) is 24.2 Å². The Bertz CT molecular complexity index is 944. The van der Waals surface area contributed by atoms with Crippen LogP contribution in [0.25, 0.3) is 0 Å². The number of carbonyl (C=O) groups is 1. The Labute approximate surface area is 180 Å². The number of halogens is 1. The van der Waals surface area contributed by atoms with Gasteiger partial charge in [0.05, 0.1) is 24.2 Å². The molecule has 2 aromatic rings. The van der Waals surface area contributed by atoms with Crippen LogP contribution in [0.2, 0.25) is 0 Å². The third-order valence-electron chi connectivity index (χ3n) is 4.35. The van der Waals surface area contributed by atoms with E-state index in [-0.39, 0.29) is 16.7 Å². The number of benzene rings is 2. The van der Waals surface area contributed by atoms with Crippen molar-refractivity contribution in [2.24, 2.45) is 11.6 Å². The van der Waals surface area contributed by atoms with E-state index in [0.29, 0.717) is 11.4 Å². The average Bonchev–Trinajstić information content (AvgIpc) is 2.67. The number of carbonyl (C=O) groups excluding carboxylic acids is 1. The van der Waals surface area contributed by atoms with Crippen molar-refractivity contribution >= 4 is 34.9 Å². The zero-order valence-corrected chi connectivity index (χ0v) is 18.6. The fourth-order valence-electron chi connectivity index (χ4n) is 2.78. The minimum atomic E-state index is -0.578. The van der Waals surface area contributed by atoms with Crippen LogP contribution < -0.4 is 31.4 Å². The van der Waals surface area contributed by atoms with Crippen molar-refractivity contribution in [3.63, 3.8) is 0 Å². The SMILES string of the molecule is COc1c(NSC)cc(C(C)(C)C)cc1NC(=O)c1ccc(F)c(N(N)/C=C\N)c1. The number of hydrogen-bond acceptors (Lipinski definition) is 7. The maximum Gasteiger partial charge on any atom is 0.255 e. The summed E-state index contributed by atoms with van der Waals surface area (Å²) in [6, 6.07) is 7.78. The van der Waals surface area contributed by atoms with Crippen LogP contribution in [-0.4, -0.2) is 19.3 Å². The van der Waals surface area contributed by atoms with Crippen molar-refractivity contribution in [2.45, 2.75) is 26.2 Å². The summed E-state index contributed by atoms with van der Waals surface area (Å²) in [6.07, 6.45) is 4.36. The lowest BCUT2D eigenvalue weighted by Gasteiger charge is -2.24. The van der Waals surface area contributed by atoms with E-state index in [0.717, 1.165) is 16.3 Å². The van der Waals surface area contributed by atoms with Crippen LogP contribution in [0.4, 0.5) is 21.5 Å². The van der Waals surface area contributed by atoms with Crippen molar-refractivity contribution in [3.8, 4) is 5.75 Å². The number of hydrogen-bond donors (Lipinski definition) is 4. The van der Waals surface area contributed by atoms with Crippen LogP contribution in [0.3, 0.4) is 0 Å². The number of nitrogens with one attached hydrogen (secondary N) is 2. The van der Waals surface area contributed by atoms with E-state index in [9.17, 15) is 9.18 Å². The van der Waals surface area contributed by atoms with Crippen LogP contribution >= 0.6 is 11.9 Å². The molecule has 9 heteroatoms. The van der Waals surface area contributed by atoms with Crippen LogP contribution in [-0.2, 0) is 5.41 Å². The van der Waals surface area contributed by atoms with E-state index in [1.807, 2.05) is 18.4 Å². The number of hydrazine groups is 1. The Hall–Kier alpha value is -2.91. The Morgan fingerprint density at radius 2 is 1.90 bits per heavy atom. The summed E-state index contributed by atoms with van der Waals surface area (Å²) in [4.78, 5) is 12.9. The number of rotatable bonds is 7. The number of nitrogens with zero attached hydrogens (tertiary/aromatic N) is 1. The minimum absolute atomic E-state index is 0.0181. The predicted octanol–water partition coefficient (Wildman–Crippen LogP) is 4.18. The molecule has 0 radical (unpaired) electrons. The zero-order chi connectivity index (χ0) is 22.5. The maximum atomic E-state index is 14.1. The lowest BCUT2D eigenvalue weighted by molar-refractivity contribution is 0.102. The van der Waals surface area contributed by atoms with E-state index in [2.05, 4.69) is 30.8 Å². The summed E-state index contributed by atoms with van der Waals surface area (Å²) >= 11 is 1.42. The van der Waals surface area contributed by atoms with E-state index >= 15 is 0 Å². The Morgan fingerprint density at radius 1 is 1.23 bits per heavy atom. The molecular formula is C21H28FN5O2S. The normalized spacial score (nSPS) is 11.4. The molecule has 0 spiro atoms. The third-order valence-corrected chi connectivity index (χ3v) is 4.78. The molecule has 0 saturated heterocycles. The van der Waals surface area contributed by atoms with Crippen molar-refractivity contribution in [3.05, 3.63) is 59.7 Å². The summed E-state index contributed by atoms with van der Waals surface area (Å²) in [5, 5.41) is 3.88. The highest BCUT2D eigenvalue weighted by molar-refractivity contribution is 7.99. The molecule has 0 aromatic heterocycles. The lowest BCUT2D eigenvalue weighted by Crippen LogP contribution is -2.26. The molecule has 0 heterocycles. The Kier molecular flexibility index (Phi) is 7.58. The van der Waals surface area contributed by atoms with Crippen molar-refractivity contribution in [1.29, 1.82) is 0 Å². The molecule has 7 nitrogen and oxygen atoms in total. The van der Waals surface area contributed by atoms with Crippen LogP contribution in [0.5, 0.6) is 5.75 Å². The molecule has 0 aliphatic heterocycles. The van der Waals surface area contributed by atoms with Gasteiger partial charge in [-0.15, -0.1) is 0 Å². The van der Waals surface area contributed by atoms with Gasteiger partial charge in [-0.2, -0.15) is 0 Å². The predicted molar refractivity (Wildman–Crippen MR) is 123 cm³/mol. The van der Waals surface area contributed by atoms with Crippen molar-refractivity contribution in [2.75, 3.05) is 28.4 Å². The molecule has 30 heavy (non-hydrogen) atoms. The molecule has 0 saturated carbocycles. The monoisotopic (exact) mass is 433 g/mol. The largest absolute Gasteiger partial charge is 0.492 e. The van der Waals surface area contributed by atoms with E-state index in [1.54, 1.807) is 0 Å². The smallest absolute Gasteiger partial charge is 0.255 e. The molecule has 0 bridgehead atoms. The summed E-state index contributed by atoms with van der Waals surface area (Å²) < 4.78 is 22.8. The molecule has 2 rings (SSSR count). The molecule has 2 aromatic carbocycles. The number of amides is 1. The van der Waals surface area contributed by atoms with Gasteiger partial charge in [0.1, 0.15) is 5.82 Å². The second-order valence-electron chi connectivity index (χ2n) is 7.53. The quantitative estimate of drug-likeness (QED) is 0.295. The fourth-order valence-corrected chi connectivity index (χ4v) is 3.15. The summed E-state index contributed by atoms with van der Waals surface area (Å²) in [6.45, 7) is 6.24. The summed E-state index contributed by atoms with van der Waals surface area (Å²) in [7, 11) is 1.54. The van der Waals surface area contributed by atoms with Gasteiger partial charge >= 0.3 is 0 Å². The average molecular weight is 434 g/mol. The summed E-state index contributed by atoms with van der Waals surface area (Å²) in [5.41, 5.74) is 7.66. The van der Waals surface area contributed by atoms with Gasteiger partial charge in [-0.25, -0.2) is 10.2 Å². The number of methoxy groups -OCH3 is 1.